The minimum atomic E-state index is 0.236. The number of benzene rings is 1. The highest BCUT2D eigenvalue weighted by Gasteiger charge is 2.13. The Labute approximate surface area is 118 Å². The molecular weight excluding hydrogens is 279 g/mol. The average molecular weight is 296 g/mol. The average Bonchev–Trinajstić information content (AvgIpc) is 2.18. The molecule has 0 aliphatic carbocycles. The van der Waals surface area contributed by atoms with Crippen molar-refractivity contribution in [2.45, 2.75) is 33.1 Å². The number of alkyl halides is 1. The second-order valence-electron chi connectivity index (χ2n) is 5.17. The Balaban J connectivity index is 2.76. The molecule has 1 rings (SSSR count). The molecular formula is C13H17Cl3O. The predicted octanol–water partition coefficient (Wildman–Crippen LogP) is 5.55. The van der Waals surface area contributed by atoms with Crippen molar-refractivity contribution in [3.8, 4) is 5.75 Å². The number of hydrogen-bond donors (Lipinski definition) is 0. The molecule has 17 heavy (non-hydrogen) atoms. The van der Waals surface area contributed by atoms with E-state index in [1.54, 1.807) is 12.1 Å². The van der Waals surface area contributed by atoms with Crippen LogP contribution in [0.5, 0.6) is 5.75 Å². The molecule has 1 nitrogen and oxygen atoms in total. The van der Waals surface area contributed by atoms with Crippen LogP contribution in [0.1, 0.15) is 32.8 Å². The smallest absolute Gasteiger partial charge is 0.142 e. The van der Waals surface area contributed by atoms with Crippen molar-refractivity contribution < 1.29 is 4.74 Å². The lowest BCUT2D eigenvalue weighted by atomic mass is 9.93. The monoisotopic (exact) mass is 294 g/mol. The van der Waals surface area contributed by atoms with Crippen molar-refractivity contribution >= 4 is 34.8 Å². The van der Waals surface area contributed by atoms with Crippen LogP contribution in [-0.4, -0.2) is 6.61 Å². The van der Waals surface area contributed by atoms with Crippen LogP contribution < -0.4 is 4.74 Å². The van der Waals surface area contributed by atoms with E-state index in [0.717, 1.165) is 12.0 Å². The van der Waals surface area contributed by atoms with Crippen LogP contribution in [0.4, 0.5) is 0 Å². The minimum absolute atomic E-state index is 0.236. The first-order valence-corrected chi connectivity index (χ1v) is 6.79. The summed E-state index contributed by atoms with van der Waals surface area (Å²) in [4.78, 5) is 0. The van der Waals surface area contributed by atoms with Crippen LogP contribution >= 0.6 is 34.8 Å². The lowest BCUT2D eigenvalue weighted by Gasteiger charge is -2.19. The SMILES string of the molecule is CC(C)(C)CCOc1c(Cl)cc(Cl)cc1CCl. The molecule has 4 heteroatoms. The topological polar surface area (TPSA) is 9.23 Å². The van der Waals surface area contributed by atoms with E-state index in [0.29, 0.717) is 28.3 Å². The minimum Gasteiger partial charge on any atom is -0.492 e. The zero-order chi connectivity index (χ0) is 13.1. The molecule has 0 aliphatic rings. The van der Waals surface area contributed by atoms with Gasteiger partial charge in [0.05, 0.1) is 17.5 Å². The van der Waals surface area contributed by atoms with Crippen molar-refractivity contribution in [3.05, 3.63) is 27.7 Å². The summed E-state index contributed by atoms with van der Waals surface area (Å²) in [5.74, 6) is 0.987. The molecule has 0 unspecified atom stereocenters. The van der Waals surface area contributed by atoms with Crippen molar-refractivity contribution in [1.82, 2.24) is 0 Å². The van der Waals surface area contributed by atoms with Gasteiger partial charge >= 0.3 is 0 Å². The number of halogens is 3. The molecule has 0 fully saturated rings. The maximum Gasteiger partial charge on any atom is 0.142 e. The second-order valence-corrected chi connectivity index (χ2v) is 6.28. The van der Waals surface area contributed by atoms with Gasteiger partial charge in [0.25, 0.3) is 0 Å². The molecule has 1 aromatic carbocycles. The zero-order valence-corrected chi connectivity index (χ0v) is 12.6. The van der Waals surface area contributed by atoms with Crippen LogP contribution in [0, 0.1) is 5.41 Å². The first-order chi connectivity index (χ1) is 7.83. The van der Waals surface area contributed by atoms with Crippen molar-refractivity contribution in [1.29, 1.82) is 0 Å². The summed E-state index contributed by atoms with van der Waals surface area (Å²) >= 11 is 17.9. The molecule has 0 N–H and O–H groups in total. The van der Waals surface area contributed by atoms with Crippen LogP contribution in [0.3, 0.4) is 0 Å². The third kappa shape index (κ3) is 4.95. The number of hydrogen-bond acceptors (Lipinski definition) is 1. The fraction of sp³-hybridized carbons (Fsp3) is 0.538. The van der Waals surface area contributed by atoms with E-state index in [1.165, 1.54) is 0 Å². The maximum atomic E-state index is 6.10. The van der Waals surface area contributed by atoms with Gasteiger partial charge in [-0.05, 0) is 24.0 Å². The molecule has 96 valence electrons. The molecule has 0 amide bonds. The summed E-state index contributed by atoms with van der Waals surface area (Å²) in [5.41, 5.74) is 1.07. The Morgan fingerprint density at radius 1 is 1.18 bits per heavy atom. The summed E-state index contributed by atoms with van der Waals surface area (Å²) in [6.07, 6.45) is 0.952. The quantitative estimate of drug-likeness (QED) is 0.662. The van der Waals surface area contributed by atoms with Crippen LogP contribution in [0.2, 0.25) is 10.0 Å². The summed E-state index contributed by atoms with van der Waals surface area (Å²) in [7, 11) is 0. The van der Waals surface area contributed by atoms with E-state index in [1.807, 2.05) is 0 Å². The van der Waals surface area contributed by atoms with Gasteiger partial charge in [-0.15, -0.1) is 11.6 Å². The van der Waals surface area contributed by atoms with Crippen LogP contribution in [0.15, 0.2) is 12.1 Å². The third-order valence-electron chi connectivity index (χ3n) is 2.33. The third-order valence-corrected chi connectivity index (χ3v) is 3.11. The van der Waals surface area contributed by atoms with Gasteiger partial charge in [0.2, 0.25) is 0 Å². The first-order valence-electron chi connectivity index (χ1n) is 5.50. The molecule has 0 saturated carbocycles. The van der Waals surface area contributed by atoms with E-state index in [2.05, 4.69) is 20.8 Å². The number of ether oxygens (including phenoxy) is 1. The van der Waals surface area contributed by atoms with E-state index < -0.39 is 0 Å². The molecule has 0 spiro atoms. The van der Waals surface area contributed by atoms with E-state index in [9.17, 15) is 0 Å². The fourth-order valence-corrected chi connectivity index (χ4v) is 2.12. The van der Waals surface area contributed by atoms with E-state index >= 15 is 0 Å². The first kappa shape index (κ1) is 14.9. The lowest BCUT2D eigenvalue weighted by Crippen LogP contribution is -2.11. The predicted molar refractivity (Wildman–Crippen MR) is 75.6 cm³/mol. The highest BCUT2D eigenvalue weighted by Crippen LogP contribution is 2.34. The number of rotatable bonds is 4. The van der Waals surface area contributed by atoms with E-state index in [-0.39, 0.29) is 5.41 Å². The van der Waals surface area contributed by atoms with Gasteiger partial charge in [-0.25, -0.2) is 0 Å². The normalized spacial score (nSPS) is 11.6. The van der Waals surface area contributed by atoms with Crippen LogP contribution in [-0.2, 0) is 5.88 Å². The van der Waals surface area contributed by atoms with Gasteiger partial charge in [0.1, 0.15) is 5.75 Å². The Kier molecular flexibility index (Phi) is 5.43. The summed E-state index contributed by atoms with van der Waals surface area (Å²) in [5, 5.41) is 1.09. The molecule has 0 atom stereocenters. The Bertz CT molecular complexity index is 383. The molecule has 0 bridgehead atoms. The Morgan fingerprint density at radius 2 is 1.82 bits per heavy atom. The van der Waals surface area contributed by atoms with Gasteiger partial charge in [0, 0.05) is 10.6 Å². The van der Waals surface area contributed by atoms with Gasteiger partial charge < -0.3 is 4.74 Å². The van der Waals surface area contributed by atoms with Crippen molar-refractivity contribution in [2.75, 3.05) is 6.61 Å². The van der Waals surface area contributed by atoms with Gasteiger partial charge in [-0.3, -0.25) is 0 Å². The Morgan fingerprint density at radius 3 is 2.35 bits per heavy atom. The van der Waals surface area contributed by atoms with Crippen molar-refractivity contribution in [3.63, 3.8) is 0 Å². The lowest BCUT2D eigenvalue weighted by molar-refractivity contribution is 0.242. The summed E-state index contributed by atoms with van der Waals surface area (Å²) in [6, 6.07) is 3.46. The molecule has 0 aromatic heterocycles. The van der Waals surface area contributed by atoms with Gasteiger partial charge in [-0.1, -0.05) is 44.0 Å². The zero-order valence-electron chi connectivity index (χ0n) is 10.3. The molecule has 0 aliphatic heterocycles. The van der Waals surface area contributed by atoms with E-state index in [4.69, 9.17) is 39.5 Å². The van der Waals surface area contributed by atoms with Crippen LogP contribution in [0.25, 0.3) is 0 Å². The summed E-state index contributed by atoms with van der Waals surface area (Å²) in [6.45, 7) is 7.13. The highest BCUT2D eigenvalue weighted by molar-refractivity contribution is 6.35. The van der Waals surface area contributed by atoms with Gasteiger partial charge in [-0.2, -0.15) is 0 Å². The molecule has 0 radical (unpaired) electrons. The van der Waals surface area contributed by atoms with Gasteiger partial charge in [0.15, 0.2) is 0 Å². The standard InChI is InChI=1S/C13H17Cl3O/c1-13(2,3)4-5-17-12-9(8-14)6-10(15)7-11(12)16/h6-7H,4-5,8H2,1-3H3. The molecule has 0 saturated heterocycles. The van der Waals surface area contributed by atoms with Crippen molar-refractivity contribution in [2.24, 2.45) is 5.41 Å². The maximum absolute atomic E-state index is 6.10. The second kappa shape index (κ2) is 6.17. The molecule has 0 heterocycles. The highest BCUT2D eigenvalue weighted by atomic mass is 35.5. The largest absolute Gasteiger partial charge is 0.492 e. The molecule has 1 aromatic rings. The fourth-order valence-electron chi connectivity index (χ4n) is 1.33. The Hall–Kier alpha value is -0.110. The summed E-state index contributed by atoms with van der Waals surface area (Å²) < 4.78 is 5.71.